The van der Waals surface area contributed by atoms with Gasteiger partial charge in [0, 0.05) is 3.92 Å². The van der Waals surface area contributed by atoms with Crippen LogP contribution in [0, 0.1) is 5.92 Å². The first-order valence-electron chi connectivity index (χ1n) is 4.28. The molecule has 1 saturated carbocycles. The second-order valence-electron chi connectivity index (χ2n) is 3.43. The van der Waals surface area contributed by atoms with Gasteiger partial charge in [-0.1, -0.05) is 29.5 Å². The summed E-state index contributed by atoms with van der Waals surface area (Å²) in [5.74, 6) is 0.586. The minimum atomic E-state index is -1.44. The van der Waals surface area contributed by atoms with Gasteiger partial charge < -0.3 is 0 Å². The van der Waals surface area contributed by atoms with Crippen LogP contribution in [0.1, 0.15) is 32.6 Å². The van der Waals surface area contributed by atoms with E-state index < -0.39 is 6.08 Å². The average Bonchev–Trinajstić information content (AvgIpc) is 2.16. The zero-order valence-electron chi connectivity index (χ0n) is 7.12. The lowest BCUT2D eigenvalue weighted by Gasteiger charge is -2.12. The van der Waals surface area contributed by atoms with Crippen molar-refractivity contribution in [1.29, 1.82) is 0 Å². The zero-order valence-corrected chi connectivity index (χ0v) is 9.27. The summed E-state index contributed by atoms with van der Waals surface area (Å²) in [5.41, 5.74) is 0.390. The third-order valence-corrected chi connectivity index (χ3v) is 4.36. The predicted octanol–water partition coefficient (Wildman–Crippen LogP) is 4.15. The fourth-order valence-corrected chi connectivity index (χ4v) is 2.16. The molecular weight excluding hydrogens is 273 g/mol. The molecule has 1 aliphatic carbocycles. The van der Waals surface area contributed by atoms with Crippen molar-refractivity contribution in [2.24, 2.45) is 5.92 Å². The minimum Gasteiger partial charge on any atom is -0.173 e. The molecule has 70 valence electrons. The van der Waals surface area contributed by atoms with Gasteiger partial charge in [0.2, 0.25) is 0 Å². The third-order valence-electron chi connectivity index (χ3n) is 2.51. The molecule has 0 amide bonds. The molecule has 0 spiro atoms. The van der Waals surface area contributed by atoms with Gasteiger partial charge in [0.15, 0.2) is 0 Å². The van der Waals surface area contributed by atoms with E-state index in [1.165, 1.54) is 0 Å². The summed E-state index contributed by atoms with van der Waals surface area (Å²) in [6, 6.07) is 0. The van der Waals surface area contributed by atoms with Gasteiger partial charge in [-0.2, -0.15) is 8.78 Å². The summed E-state index contributed by atoms with van der Waals surface area (Å²) in [4.78, 5) is 0. The van der Waals surface area contributed by atoms with Crippen molar-refractivity contribution in [2.75, 3.05) is 0 Å². The van der Waals surface area contributed by atoms with Crippen molar-refractivity contribution in [3.63, 3.8) is 0 Å². The Bertz CT molecular complexity index is 171. The maximum absolute atomic E-state index is 12.2. The van der Waals surface area contributed by atoms with E-state index in [-0.39, 0.29) is 0 Å². The first kappa shape index (κ1) is 10.4. The van der Waals surface area contributed by atoms with E-state index in [1.807, 2.05) is 0 Å². The van der Waals surface area contributed by atoms with Crippen molar-refractivity contribution in [3.8, 4) is 0 Å². The monoisotopic (exact) mass is 286 g/mol. The molecule has 0 N–H and O–H groups in total. The van der Waals surface area contributed by atoms with E-state index in [1.54, 1.807) is 0 Å². The average molecular weight is 286 g/mol. The smallest absolute Gasteiger partial charge is 0.173 e. The van der Waals surface area contributed by atoms with E-state index in [9.17, 15) is 8.78 Å². The number of allylic oxidation sites excluding steroid dienone is 1. The second-order valence-corrected chi connectivity index (χ2v) is 5.03. The summed E-state index contributed by atoms with van der Waals surface area (Å²) in [6.07, 6.45) is 1.59. The van der Waals surface area contributed by atoms with Gasteiger partial charge in [-0.25, -0.2) is 0 Å². The Morgan fingerprint density at radius 1 is 1.33 bits per heavy atom. The Balaban J connectivity index is 2.61. The molecule has 0 aromatic rings. The fourth-order valence-electron chi connectivity index (χ4n) is 1.49. The molecule has 0 aliphatic heterocycles. The fraction of sp³-hybridized carbons (Fsp3) is 0.778. The van der Waals surface area contributed by atoms with Crippen LogP contribution in [0.2, 0.25) is 0 Å². The van der Waals surface area contributed by atoms with Gasteiger partial charge in [-0.3, -0.25) is 0 Å². The first-order chi connectivity index (χ1) is 5.61. The van der Waals surface area contributed by atoms with Crippen molar-refractivity contribution >= 4 is 22.6 Å². The van der Waals surface area contributed by atoms with Gasteiger partial charge in [0.05, 0.1) is 0 Å². The van der Waals surface area contributed by atoms with E-state index in [4.69, 9.17) is 0 Å². The minimum absolute atomic E-state index is 0.390. The normalized spacial score (nSPS) is 31.5. The van der Waals surface area contributed by atoms with Crippen LogP contribution in [0.25, 0.3) is 0 Å². The van der Waals surface area contributed by atoms with Gasteiger partial charge in [0.1, 0.15) is 0 Å². The van der Waals surface area contributed by atoms with Gasteiger partial charge >= 0.3 is 0 Å². The Morgan fingerprint density at radius 2 is 1.92 bits per heavy atom. The van der Waals surface area contributed by atoms with Crippen LogP contribution in [-0.4, -0.2) is 3.92 Å². The molecule has 1 aliphatic rings. The van der Waals surface area contributed by atoms with Crippen LogP contribution >= 0.6 is 22.6 Å². The molecule has 1 fully saturated rings. The molecule has 12 heavy (non-hydrogen) atoms. The van der Waals surface area contributed by atoms with Crippen molar-refractivity contribution in [3.05, 3.63) is 11.7 Å². The lowest BCUT2D eigenvalue weighted by atomic mass is 10.0. The highest BCUT2D eigenvalue weighted by molar-refractivity contribution is 14.1. The van der Waals surface area contributed by atoms with Gasteiger partial charge in [0.25, 0.3) is 6.08 Å². The first-order valence-corrected chi connectivity index (χ1v) is 5.53. The molecule has 0 heterocycles. The number of hydrogen-bond acceptors (Lipinski definition) is 0. The standard InChI is InChI=1S/C9H13F2I/c1-6-2-3-7(9(10)11)4-5-8(6)12/h6,8H,2-5H2,1H3. The number of hydrogen-bond donors (Lipinski definition) is 0. The Hall–Kier alpha value is 0.330. The molecule has 0 aromatic heterocycles. The van der Waals surface area contributed by atoms with Crippen LogP contribution in [-0.2, 0) is 0 Å². The summed E-state index contributed by atoms with van der Waals surface area (Å²) >= 11 is 2.37. The molecule has 2 unspecified atom stereocenters. The molecule has 0 nitrogen and oxygen atoms in total. The maximum Gasteiger partial charge on any atom is 0.269 e. The SMILES string of the molecule is CC1CCC(=C(F)F)CCC1I. The third kappa shape index (κ3) is 2.68. The molecule has 3 heteroatoms. The molecule has 0 radical (unpaired) electrons. The van der Waals surface area contributed by atoms with Crippen LogP contribution in [0.4, 0.5) is 8.78 Å². The van der Waals surface area contributed by atoms with Gasteiger partial charge in [-0.05, 0) is 37.2 Å². The quantitative estimate of drug-likeness (QED) is 0.356. The predicted molar refractivity (Wildman–Crippen MR) is 54.7 cm³/mol. The second kappa shape index (κ2) is 4.53. The van der Waals surface area contributed by atoms with Crippen LogP contribution in [0.15, 0.2) is 11.7 Å². The van der Waals surface area contributed by atoms with E-state index in [0.717, 1.165) is 12.8 Å². The highest BCUT2D eigenvalue weighted by Gasteiger charge is 2.20. The molecular formula is C9H13F2I. The molecule has 0 aromatic carbocycles. The van der Waals surface area contributed by atoms with E-state index in [0.29, 0.717) is 28.3 Å². The topological polar surface area (TPSA) is 0 Å². The number of alkyl halides is 1. The van der Waals surface area contributed by atoms with Crippen molar-refractivity contribution in [1.82, 2.24) is 0 Å². The number of rotatable bonds is 0. The lowest BCUT2D eigenvalue weighted by Crippen LogP contribution is -2.07. The summed E-state index contributed by atoms with van der Waals surface area (Å²) < 4.78 is 25.0. The van der Waals surface area contributed by atoms with Crippen LogP contribution in [0.5, 0.6) is 0 Å². The summed E-state index contributed by atoms with van der Waals surface area (Å²) in [6.45, 7) is 2.15. The summed E-state index contributed by atoms with van der Waals surface area (Å²) in [5, 5.41) is 0. The molecule has 0 bridgehead atoms. The van der Waals surface area contributed by atoms with Crippen molar-refractivity contribution < 1.29 is 8.78 Å². The zero-order chi connectivity index (χ0) is 9.14. The largest absolute Gasteiger partial charge is 0.269 e. The number of halogens is 3. The summed E-state index contributed by atoms with van der Waals surface area (Å²) in [7, 11) is 0. The van der Waals surface area contributed by atoms with Crippen LogP contribution < -0.4 is 0 Å². The van der Waals surface area contributed by atoms with Crippen molar-refractivity contribution in [2.45, 2.75) is 36.5 Å². The molecule has 0 saturated heterocycles. The molecule has 2 atom stereocenters. The van der Waals surface area contributed by atoms with Crippen LogP contribution in [0.3, 0.4) is 0 Å². The highest BCUT2D eigenvalue weighted by Crippen LogP contribution is 2.33. The van der Waals surface area contributed by atoms with E-state index >= 15 is 0 Å². The molecule has 1 rings (SSSR count). The van der Waals surface area contributed by atoms with Gasteiger partial charge in [-0.15, -0.1) is 0 Å². The Kier molecular flexibility index (Phi) is 3.93. The lowest BCUT2D eigenvalue weighted by molar-refractivity contribution is 0.403. The maximum atomic E-state index is 12.2. The Labute approximate surface area is 85.6 Å². The Morgan fingerprint density at radius 3 is 2.50 bits per heavy atom. The highest BCUT2D eigenvalue weighted by atomic mass is 127. The van der Waals surface area contributed by atoms with E-state index in [2.05, 4.69) is 29.5 Å².